The molecule has 1 heterocycles. The normalized spacial score (nSPS) is 10.6. The van der Waals surface area contributed by atoms with Crippen LogP contribution in [0.5, 0.6) is 0 Å². The minimum Gasteiger partial charge on any atom is -0.298 e. The molecular formula is C17H12ClFN2O. The maximum Gasteiger partial charge on any atom is 0.153 e. The van der Waals surface area contributed by atoms with Crippen LogP contribution < -0.4 is 0 Å². The van der Waals surface area contributed by atoms with Gasteiger partial charge in [-0.3, -0.25) is 9.48 Å². The molecule has 0 radical (unpaired) electrons. The van der Waals surface area contributed by atoms with E-state index in [4.69, 9.17) is 11.6 Å². The van der Waals surface area contributed by atoms with Gasteiger partial charge in [-0.1, -0.05) is 48.0 Å². The minimum atomic E-state index is -0.382. The van der Waals surface area contributed by atoms with Gasteiger partial charge in [0, 0.05) is 16.8 Å². The molecule has 0 fully saturated rings. The van der Waals surface area contributed by atoms with Gasteiger partial charge < -0.3 is 0 Å². The van der Waals surface area contributed by atoms with Crippen molar-refractivity contribution in [3.05, 3.63) is 76.7 Å². The Kier molecular flexibility index (Phi) is 4.02. The van der Waals surface area contributed by atoms with Crippen molar-refractivity contribution in [2.75, 3.05) is 0 Å². The van der Waals surface area contributed by atoms with E-state index in [1.54, 1.807) is 16.9 Å². The van der Waals surface area contributed by atoms with Crippen LogP contribution in [0.25, 0.3) is 11.3 Å². The highest BCUT2D eigenvalue weighted by Crippen LogP contribution is 2.22. The summed E-state index contributed by atoms with van der Waals surface area (Å²) >= 11 is 6.03. The number of halogens is 2. The molecule has 0 spiro atoms. The summed E-state index contributed by atoms with van der Waals surface area (Å²) < 4.78 is 14.7. The first-order valence-corrected chi connectivity index (χ1v) is 7.07. The lowest BCUT2D eigenvalue weighted by Crippen LogP contribution is -2.01. The van der Waals surface area contributed by atoms with E-state index >= 15 is 0 Å². The molecule has 1 aromatic heterocycles. The van der Waals surface area contributed by atoms with Crippen LogP contribution in [0.2, 0.25) is 5.02 Å². The van der Waals surface area contributed by atoms with Gasteiger partial charge in [0.2, 0.25) is 0 Å². The summed E-state index contributed by atoms with van der Waals surface area (Å²) in [5, 5.41) is 4.78. The average Bonchev–Trinajstić information content (AvgIpc) is 2.94. The molecule has 3 aromatic rings. The number of benzene rings is 2. The van der Waals surface area contributed by atoms with Crippen molar-refractivity contribution in [2.45, 2.75) is 6.54 Å². The number of aldehydes is 1. The van der Waals surface area contributed by atoms with Crippen molar-refractivity contribution in [2.24, 2.45) is 0 Å². The summed E-state index contributed by atoms with van der Waals surface area (Å²) in [7, 11) is 0. The van der Waals surface area contributed by atoms with Gasteiger partial charge in [-0.2, -0.15) is 5.10 Å². The molecule has 0 unspecified atom stereocenters. The molecule has 3 nitrogen and oxygen atoms in total. The molecule has 3 rings (SSSR count). The van der Waals surface area contributed by atoms with E-state index in [2.05, 4.69) is 5.10 Å². The van der Waals surface area contributed by atoms with E-state index in [1.807, 2.05) is 30.3 Å². The number of rotatable bonds is 4. The van der Waals surface area contributed by atoms with E-state index in [-0.39, 0.29) is 5.82 Å². The minimum absolute atomic E-state index is 0.337. The van der Waals surface area contributed by atoms with Crippen molar-refractivity contribution in [3.8, 4) is 11.3 Å². The van der Waals surface area contributed by atoms with Crippen LogP contribution >= 0.6 is 11.6 Å². The first-order chi connectivity index (χ1) is 10.7. The zero-order chi connectivity index (χ0) is 15.5. The van der Waals surface area contributed by atoms with Crippen molar-refractivity contribution in [1.82, 2.24) is 9.78 Å². The Morgan fingerprint density at radius 1 is 1.18 bits per heavy atom. The molecule has 0 N–H and O–H groups in total. The van der Waals surface area contributed by atoms with Gasteiger partial charge >= 0.3 is 0 Å². The summed E-state index contributed by atoms with van der Waals surface area (Å²) in [5.74, 6) is -0.382. The highest BCUT2D eigenvalue weighted by Gasteiger charge is 2.11. The Labute approximate surface area is 132 Å². The molecule has 110 valence electrons. The van der Waals surface area contributed by atoms with Gasteiger partial charge in [-0.15, -0.1) is 0 Å². The summed E-state index contributed by atoms with van der Waals surface area (Å²) in [5.41, 5.74) is 2.73. The van der Waals surface area contributed by atoms with Crippen LogP contribution in [0.3, 0.4) is 0 Å². The summed E-state index contributed by atoms with van der Waals surface area (Å²) in [6, 6.07) is 13.7. The molecule has 0 atom stereocenters. The lowest BCUT2D eigenvalue weighted by atomic mass is 10.1. The van der Waals surface area contributed by atoms with Crippen LogP contribution in [0.15, 0.2) is 54.7 Å². The Morgan fingerprint density at radius 3 is 2.64 bits per heavy atom. The van der Waals surface area contributed by atoms with Gasteiger partial charge in [0.05, 0.1) is 12.1 Å². The van der Waals surface area contributed by atoms with Crippen molar-refractivity contribution >= 4 is 17.9 Å². The topological polar surface area (TPSA) is 34.9 Å². The first-order valence-electron chi connectivity index (χ1n) is 6.69. The maximum atomic E-state index is 13.1. The molecule has 2 aromatic carbocycles. The van der Waals surface area contributed by atoms with Gasteiger partial charge in [-0.25, -0.2) is 4.39 Å². The van der Waals surface area contributed by atoms with Crippen LogP contribution in [-0.2, 0) is 6.54 Å². The van der Waals surface area contributed by atoms with E-state index in [1.165, 1.54) is 12.1 Å². The number of carbonyl (C=O) groups is 1. The number of hydrogen-bond acceptors (Lipinski definition) is 2. The predicted molar refractivity (Wildman–Crippen MR) is 83.6 cm³/mol. The quantitative estimate of drug-likeness (QED) is 0.676. The Morgan fingerprint density at radius 2 is 1.95 bits per heavy atom. The zero-order valence-corrected chi connectivity index (χ0v) is 12.3. The van der Waals surface area contributed by atoms with Gasteiger partial charge in [0.15, 0.2) is 6.29 Å². The molecule has 5 heteroatoms. The van der Waals surface area contributed by atoms with E-state index < -0.39 is 0 Å². The highest BCUT2D eigenvalue weighted by molar-refractivity contribution is 6.31. The van der Waals surface area contributed by atoms with E-state index in [9.17, 15) is 9.18 Å². The Hall–Kier alpha value is -2.46. The second-order valence-corrected chi connectivity index (χ2v) is 5.26. The standard InChI is InChI=1S/C17H12ClFN2O/c18-16-8-15(19)7-6-13(16)9-21-10-14(11-22)17(20-21)12-4-2-1-3-5-12/h1-8,10-11H,9H2. The van der Waals surface area contributed by atoms with Crippen molar-refractivity contribution < 1.29 is 9.18 Å². The predicted octanol–water partition coefficient (Wildman–Crippen LogP) is 4.20. The van der Waals surface area contributed by atoms with Crippen molar-refractivity contribution in [1.29, 1.82) is 0 Å². The summed E-state index contributed by atoms with van der Waals surface area (Å²) in [6.45, 7) is 0.368. The lowest BCUT2D eigenvalue weighted by molar-refractivity contribution is 0.112. The molecule has 0 aliphatic carbocycles. The number of nitrogens with zero attached hydrogens (tertiary/aromatic N) is 2. The molecule has 0 saturated heterocycles. The fourth-order valence-electron chi connectivity index (χ4n) is 2.25. The largest absolute Gasteiger partial charge is 0.298 e. The fourth-order valence-corrected chi connectivity index (χ4v) is 2.48. The molecular weight excluding hydrogens is 303 g/mol. The number of carbonyl (C=O) groups excluding carboxylic acids is 1. The van der Waals surface area contributed by atoms with Crippen molar-refractivity contribution in [3.63, 3.8) is 0 Å². The molecule has 0 bridgehead atoms. The molecule has 0 amide bonds. The average molecular weight is 315 g/mol. The molecule has 22 heavy (non-hydrogen) atoms. The second-order valence-electron chi connectivity index (χ2n) is 4.85. The second kappa shape index (κ2) is 6.12. The molecule has 0 aliphatic rings. The summed E-state index contributed by atoms with van der Waals surface area (Å²) in [6.07, 6.45) is 2.44. The van der Waals surface area contributed by atoms with Gasteiger partial charge in [-0.05, 0) is 17.7 Å². The zero-order valence-electron chi connectivity index (χ0n) is 11.5. The number of hydrogen-bond donors (Lipinski definition) is 0. The van der Waals surface area contributed by atoms with Gasteiger partial charge in [0.1, 0.15) is 11.5 Å². The monoisotopic (exact) mass is 314 g/mol. The third kappa shape index (κ3) is 2.92. The van der Waals surface area contributed by atoms with Crippen LogP contribution in [0.4, 0.5) is 4.39 Å². The third-order valence-electron chi connectivity index (χ3n) is 3.31. The van der Waals surface area contributed by atoms with Crippen LogP contribution in [0, 0.1) is 5.82 Å². The first kappa shape index (κ1) is 14.5. The lowest BCUT2D eigenvalue weighted by Gasteiger charge is -2.04. The highest BCUT2D eigenvalue weighted by atomic mass is 35.5. The Bertz CT molecular complexity index is 815. The van der Waals surface area contributed by atoms with E-state index in [0.717, 1.165) is 17.4 Å². The van der Waals surface area contributed by atoms with Gasteiger partial charge in [0.25, 0.3) is 0 Å². The number of aromatic nitrogens is 2. The van der Waals surface area contributed by atoms with Crippen LogP contribution in [0.1, 0.15) is 15.9 Å². The SMILES string of the molecule is O=Cc1cn(Cc2ccc(F)cc2Cl)nc1-c1ccccc1. The van der Waals surface area contributed by atoms with Crippen LogP contribution in [-0.4, -0.2) is 16.1 Å². The molecule has 0 aliphatic heterocycles. The fraction of sp³-hybridized carbons (Fsp3) is 0.0588. The smallest absolute Gasteiger partial charge is 0.153 e. The van der Waals surface area contributed by atoms with E-state index in [0.29, 0.717) is 22.8 Å². The maximum absolute atomic E-state index is 13.1. The molecule has 0 saturated carbocycles. The summed E-state index contributed by atoms with van der Waals surface area (Å²) in [4.78, 5) is 11.2. The third-order valence-corrected chi connectivity index (χ3v) is 3.66. The Balaban J connectivity index is 1.96.